The van der Waals surface area contributed by atoms with E-state index in [0.717, 1.165) is 10.6 Å². The van der Waals surface area contributed by atoms with Gasteiger partial charge in [0.1, 0.15) is 0 Å². The molecule has 1 heterocycles. The number of rotatable bonds is 6. The molecule has 22 heavy (non-hydrogen) atoms. The summed E-state index contributed by atoms with van der Waals surface area (Å²) in [4.78, 5) is 35.7. The summed E-state index contributed by atoms with van der Waals surface area (Å²) in [5, 5.41) is 5.26. The van der Waals surface area contributed by atoms with E-state index >= 15 is 0 Å². The molecule has 6 nitrogen and oxygen atoms in total. The second kappa shape index (κ2) is 7.06. The van der Waals surface area contributed by atoms with Crippen molar-refractivity contribution in [2.75, 3.05) is 18.4 Å². The Balaban J connectivity index is 1.76. The minimum absolute atomic E-state index is 0.0488. The first-order chi connectivity index (χ1) is 10.5. The molecule has 0 bridgehead atoms. The fourth-order valence-electron chi connectivity index (χ4n) is 2.25. The molecule has 4 amide bonds. The first kappa shape index (κ1) is 16.0. The molecule has 1 aliphatic rings. The molecule has 1 aliphatic heterocycles. The smallest absolute Gasteiger partial charge is 0.324 e. The molecular weight excluding hydrogens is 282 g/mol. The third kappa shape index (κ3) is 4.07. The summed E-state index contributed by atoms with van der Waals surface area (Å²) in [6.07, 6.45) is 0.720. The molecular formula is C16H21N3O3. The second-order valence-electron chi connectivity index (χ2n) is 5.63. The summed E-state index contributed by atoms with van der Waals surface area (Å²) < 4.78 is 0. The molecule has 0 aromatic heterocycles. The van der Waals surface area contributed by atoms with E-state index in [4.69, 9.17) is 0 Å². The summed E-state index contributed by atoms with van der Waals surface area (Å²) in [6, 6.07) is 7.37. The molecule has 0 spiro atoms. The standard InChI is InChI=1S/C16H21N3O3/c1-11(2)12-5-7-13(8-6-12)18-14(20)4-3-9-19-15(21)10-17-16(19)22/h5-8,11H,3-4,9-10H2,1-2H3,(H,17,22)(H,18,20). The van der Waals surface area contributed by atoms with E-state index in [1.165, 1.54) is 5.56 Å². The van der Waals surface area contributed by atoms with Crippen LogP contribution in [0.15, 0.2) is 24.3 Å². The number of nitrogens with one attached hydrogen (secondary N) is 2. The summed E-state index contributed by atoms with van der Waals surface area (Å²) >= 11 is 0. The maximum absolute atomic E-state index is 11.9. The topological polar surface area (TPSA) is 78.5 Å². The molecule has 0 saturated carbocycles. The van der Waals surface area contributed by atoms with Gasteiger partial charge < -0.3 is 10.6 Å². The number of nitrogens with zero attached hydrogens (tertiary/aromatic N) is 1. The van der Waals surface area contributed by atoms with Crippen molar-refractivity contribution in [2.24, 2.45) is 0 Å². The van der Waals surface area contributed by atoms with Crippen LogP contribution in [0.4, 0.5) is 10.5 Å². The SMILES string of the molecule is CC(C)c1ccc(NC(=O)CCCN2C(=O)CNC2=O)cc1. The van der Waals surface area contributed by atoms with Gasteiger partial charge in [-0.2, -0.15) is 0 Å². The van der Waals surface area contributed by atoms with Crippen LogP contribution in [0.3, 0.4) is 0 Å². The van der Waals surface area contributed by atoms with Gasteiger partial charge in [0, 0.05) is 18.7 Å². The van der Waals surface area contributed by atoms with Crippen LogP contribution in [-0.4, -0.2) is 35.8 Å². The Morgan fingerprint density at radius 2 is 1.95 bits per heavy atom. The highest BCUT2D eigenvalue weighted by atomic mass is 16.2. The molecule has 0 unspecified atom stereocenters. The number of amides is 4. The van der Waals surface area contributed by atoms with Crippen LogP contribution in [0.5, 0.6) is 0 Å². The van der Waals surface area contributed by atoms with E-state index < -0.39 is 0 Å². The predicted octanol–water partition coefficient (Wildman–Crippen LogP) is 2.08. The van der Waals surface area contributed by atoms with Crippen molar-refractivity contribution >= 4 is 23.5 Å². The molecule has 0 aliphatic carbocycles. The minimum Gasteiger partial charge on any atom is -0.329 e. The van der Waals surface area contributed by atoms with Crippen LogP contribution in [0, 0.1) is 0 Å². The number of hydrogen-bond donors (Lipinski definition) is 2. The highest BCUT2D eigenvalue weighted by Gasteiger charge is 2.27. The quantitative estimate of drug-likeness (QED) is 0.790. The predicted molar refractivity (Wildman–Crippen MR) is 83.5 cm³/mol. The highest BCUT2D eigenvalue weighted by Crippen LogP contribution is 2.17. The molecule has 1 aromatic carbocycles. The number of carbonyl (C=O) groups is 3. The fraction of sp³-hybridized carbons (Fsp3) is 0.438. The summed E-state index contributed by atoms with van der Waals surface area (Å²) in [6.45, 7) is 4.55. The first-order valence-corrected chi connectivity index (χ1v) is 7.45. The molecule has 1 saturated heterocycles. The van der Waals surface area contributed by atoms with Crippen LogP contribution in [-0.2, 0) is 9.59 Å². The van der Waals surface area contributed by atoms with Crippen molar-refractivity contribution in [3.63, 3.8) is 0 Å². The van der Waals surface area contributed by atoms with Crippen molar-refractivity contribution in [2.45, 2.75) is 32.6 Å². The van der Waals surface area contributed by atoms with E-state index in [1.807, 2.05) is 24.3 Å². The lowest BCUT2D eigenvalue weighted by molar-refractivity contribution is -0.125. The zero-order chi connectivity index (χ0) is 16.1. The molecule has 0 radical (unpaired) electrons. The Morgan fingerprint density at radius 1 is 1.27 bits per heavy atom. The van der Waals surface area contributed by atoms with Gasteiger partial charge in [-0.1, -0.05) is 26.0 Å². The molecule has 1 fully saturated rings. The second-order valence-corrected chi connectivity index (χ2v) is 5.63. The number of carbonyl (C=O) groups excluding carboxylic acids is 3. The zero-order valence-corrected chi connectivity index (χ0v) is 12.9. The van der Waals surface area contributed by atoms with Gasteiger partial charge in [-0.3, -0.25) is 14.5 Å². The van der Waals surface area contributed by atoms with E-state index in [9.17, 15) is 14.4 Å². The number of imide groups is 1. The molecule has 2 N–H and O–H groups in total. The molecule has 2 rings (SSSR count). The lowest BCUT2D eigenvalue weighted by atomic mass is 10.0. The van der Waals surface area contributed by atoms with Gasteiger partial charge in [-0.25, -0.2) is 4.79 Å². The number of benzene rings is 1. The summed E-state index contributed by atoms with van der Waals surface area (Å²) in [7, 11) is 0. The Labute approximate surface area is 129 Å². The number of hydrogen-bond acceptors (Lipinski definition) is 3. The average Bonchev–Trinajstić information content (AvgIpc) is 2.79. The highest BCUT2D eigenvalue weighted by molar-refractivity contribution is 6.02. The van der Waals surface area contributed by atoms with Crippen LogP contribution in [0.25, 0.3) is 0 Å². The van der Waals surface area contributed by atoms with Crippen molar-refractivity contribution in [3.8, 4) is 0 Å². The van der Waals surface area contributed by atoms with Crippen molar-refractivity contribution in [3.05, 3.63) is 29.8 Å². The lowest BCUT2D eigenvalue weighted by Gasteiger charge is -2.12. The monoisotopic (exact) mass is 303 g/mol. The Hall–Kier alpha value is -2.37. The molecule has 6 heteroatoms. The largest absolute Gasteiger partial charge is 0.329 e. The van der Waals surface area contributed by atoms with E-state index in [0.29, 0.717) is 12.3 Å². The summed E-state index contributed by atoms with van der Waals surface area (Å²) in [5.74, 6) is 0.0907. The lowest BCUT2D eigenvalue weighted by Crippen LogP contribution is -2.32. The third-order valence-electron chi connectivity index (χ3n) is 3.58. The van der Waals surface area contributed by atoms with Crippen molar-refractivity contribution in [1.29, 1.82) is 0 Å². The number of urea groups is 1. The van der Waals surface area contributed by atoms with Gasteiger partial charge >= 0.3 is 6.03 Å². The van der Waals surface area contributed by atoms with Gasteiger partial charge in [0.15, 0.2) is 0 Å². The zero-order valence-electron chi connectivity index (χ0n) is 12.9. The fourth-order valence-corrected chi connectivity index (χ4v) is 2.25. The van der Waals surface area contributed by atoms with Gasteiger partial charge in [-0.15, -0.1) is 0 Å². The van der Waals surface area contributed by atoms with Gasteiger partial charge in [-0.05, 0) is 30.0 Å². The van der Waals surface area contributed by atoms with Gasteiger partial charge in [0.05, 0.1) is 6.54 Å². The number of anilines is 1. The minimum atomic E-state index is -0.380. The molecule has 1 aromatic rings. The average molecular weight is 303 g/mol. The van der Waals surface area contributed by atoms with Gasteiger partial charge in [0.25, 0.3) is 0 Å². The van der Waals surface area contributed by atoms with Crippen LogP contribution < -0.4 is 10.6 Å². The molecule has 118 valence electrons. The van der Waals surface area contributed by atoms with Crippen molar-refractivity contribution < 1.29 is 14.4 Å². The normalized spacial score (nSPS) is 14.4. The first-order valence-electron chi connectivity index (χ1n) is 7.45. The third-order valence-corrected chi connectivity index (χ3v) is 3.58. The maximum Gasteiger partial charge on any atom is 0.324 e. The van der Waals surface area contributed by atoms with E-state index in [-0.39, 0.29) is 37.4 Å². The van der Waals surface area contributed by atoms with Gasteiger partial charge in [0.2, 0.25) is 11.8 Å². The van der Waals surface area contributed by atoms with Crippen LogP contribution in [0.1, 0.15) is 38.2 Å². The van der Waals surface area contributed by atoms with Crippen LogP contribution in [0.2, 0.25) is 0 Å². The van der Waals surface area contributed by atoms with E-state index in [1.54, 1.807) is 0 Å². The Kier molecular flexibility index (Phi) is 5.14. The van der Waals surface area contributed by atoms with Crippen LogP contribution >= 0.6 is 0 Å². The Bertz CT molecular complexity index is 551. The maximum atomic E-state index is 11.9. The van der Waals surface area contributed by atoms with Crippen molar-refractivity contribution in [1.82, 2.24) is 10.2 Å². The summed E-state index contributed by atoms with van der Waals surface area (Å²) in [5.41, 5.74) is 1.97. The Morgan fingerprint density at radius 3 is 2.50 bits per heavy atom. The van der Waals surface area contributed by atoms with E-state index in [2.05, 4.69) is 24.5 Å². The molecule has 0 atom stereocenters.